The molecule has 0 radical (unpaired) electrons. The normalized spacial score (nSPS) is 17.3. The molecule has 1 N–H and O–H groups in total. The molecule has 53 heavy (non-hydrogen) atoms. The van der Waals surface area contributed by atoms with Crippen LogP contribution in [0.4, 0.5) is 10.5 Å². The summed E-state index contributed by atoms with van der Waals surface area (Å²) in [5.74, 6) is 1.48. The minimum absolute atomic E-state index is 0.0919. The van der Waals surface area contributed by atoms with Gasteiger partial charge in [0.2, 0.25) is 5.82 Å². The number of piperidine rings is 1. The van der Waals surface area contributed by atoms with Crippen molar-refractivity contribution in [2.24, 2.45) is 0 Å². The number of ether oxygens (including phenoxy) is 4. The Morgan fingerprint density at radius 2 is 1.60 bits per heavy atom. The van der Waals surface area contributed by atoms with Crippen LogP contribution in [0.1, 0.15) is 68.5 Å². The maximum absolute atomic E-state index is 13.2. The van der Waals surface area contributed by atoms with E-state index in [1.807, 2.05) is 38.1 Å². The quantitative estimate of drug-likeness (QED) is 0.0684. The summed E-state index contributed by atoms with van der Waals surface area (Å²) in [5, 5.41) is 27.8. The van der Waals surface area contributed by atoms with Crippen molar-refractivity contribution in [3.8, 4) is 11.5 Å². The molecule has 14 nitrogen and oxygen atoms in total. The second kappa shape index (κ2) is 16.3. The summed E-state index contributed by atoms with van der Waals surface area (Å²) in [7, 11) is 3.35. The van der Waals surface area contributed by atoms with E-state index in [4.69, 9.17) is 18.9 Å². The molecule has 14 heteroatoms. The Bertz CT molecular complexity index is 1930. The number of aromatic nitrogens is 4. The second-order valence-electron chi connectivity index (χ2n) is 13.2. The number of benzene rings is 3. The van der Waals surface area contributed by atoms with Gasteiger partial charge in [-0.3, -0.25) is 10.1 Å². The Balaban J connectivity index is 1.10. The van der Waals surface area contributed by atoms with Crippen LogP contribution in [-0.2, 0) is 21.4 Å². The predicted molar refractivity (Wildman–Crippen MR) is 197 cm³/mol. The molecule has 1 aromatic heterocycles. The van der Waals surface area contributed by atoms with E-state index in [1.165, 1.54) is 28.1 Å². The number of non-ortho nitro benzene ring substituents is 1. The number of allylic oxidation sites excluding steroid dienone is 3. The molecule has 2 aliphatic rings. The van der Waals surface area contributed by atoms with Crippen LogP contribution in [0, 0.1) is 10.1 Å². The number of nitro benzene ring substituents is 1. The van der Waals surface area contributed by atoms with E-state index < -0.39 is 17.0 Å². The molecule has 0 bridgehead atoms. The largest absolute Gasteiger partial charge is 0.513 e. The molecular weight excluding hydrogens is 678 g/mol. The van der Waals surface area contributed by atoms with Crippen molar-refractivity contribution < 1.29 is 28.7 Å². The number of nitrogens with zero attached hydrogens (tertiary/aromatic N) is 6. The Morgan fingerprint density at radius 1 is 0.962 bits per heavy atom. The van der Waals surface area contributed by atoms with E-state index in [0.717, 1.165) is 44.0 Å². The average molecular weight is 724 g/mol. The lowest BCUT2D eigenvalue weighted by Gasteiger charge is -2.43. The lowest BCUT2D eigenvalue weighted by Crippen LogP contribution is -2.43. The minimum Gasteiger partial charge on any atom is -0.497 e. The van der Waals surface area contributed by atoms with Gasteiger partial charge in [-0.2, -0.15) is 4.80 Å². The number of nitrogens with one attached hydrogen (secondary N) is 1. The number of methoxy groups -OCH3 is 2. The van der Waals surface area contributed by atoms with Crippen molar-refractivity contribution in [3.63, 3.8) is 0 Å². The summed E-state index contributed by atoms with van der Waals surface area (Å²) in [6, 6.07) is 22.9. The first-order chi connectivity index (χ1) is 25.6. The topological polar surface area (TPSA) is 156 Å². The van der Waals surface area contributed by atoms with E-state index in [9.17, 15) is 14.9 Å². The van der Waals surface area contributed by atoms with Gasteiger partial charge in [0.1, 0.15) is 17.3 Å². The molecule has 2 aliphatic heterocycles. The summed E-state index contributed by atoms with van der Waals surface area (Å²) in [4.78, 5) is 28.3. The molecule has 0 spiro atoms. The van der Waals surface area contributed by atoms with E-state index in [0.29, 0.717) is 41.3 Å². The molecule has 1 saturated heterocycles. The summed E-state index contributed by atoms with van der Waals surface area (Å²) in [6.07, 6.45) is 1.60. The van der Waals surface area contributed by atoms with Crippen LogP contribution < -0.4 is 14.8 Å². The molecule has 6 rings (SSSR count). The van der Waals surface area contributed by atoms with E-state index in [-0.39, 0.29) is 23.5 Å². The van der Waals surface area contributed by atoms with Gasteiger partial charge in [0, 0.05) is 35.4 Å². The summed E-state index contributed by atoms with van der Waals surface area (Å²) >= 11 is 0. The van der Waals surface area contributed by atoms with Crippen LogP contribution in [-0.4, -0.2) is 76.6 Å². The number of hydrogen-bond donors (Lipinski definition) is 1. The number of rotatable bonds is 13. The lowest BCUT2D eigenvalue weighted by atomic mass is 9.68. The number of likely N-dealkylation sites (tertiary alicyclic amines) is 1. The molecule has 278 valence electrons. The number of carbonyl (C=O) groups excluding carboxylic acids is 1. The number of nitro groups is 1. The highest BCUT2D eigenvalue weighted by Gasteiger charge is 2.39. The van der Waals surface area contributed by atoms with Crippen LogP contribution in [0.25, 0.3) is 5.57 Å². The van der Waals surface area contributed by atoms with Crippen molar-refractivity contribution in [1.29, 1.82) is 0 Å². The maximum Gasteiger partial charge on any atom is 0.513 e. The van der Waals surface area contributed by atoms with Gasteiger partial charge in [-0.25, -0.2) is 4.79 Å². The highest BCUT2D eigenvalue weighted by molar-refractivity contribution is 5.76. The zero-order valence-corrected chi connectivity index (χ0v) is 30.7. The van der Waals surface area contributed by atoms with Crippen LogP contribution in [0.2, 0.25) is 0 Å². The van der Waals surface area contributed by atoms with E-state index >= 15 is 0 Å². The van der Waals surface area contributed by atoms with Gasteiger partial charge in [0.25, 0.3) is 5.69 Å². The molecule has 0 aliphatic carbocycles. The molecule has 4 aromatic rings. The second-order valence-corrected chi connectivity index (χ2v) is 13.2. The van der Waals surface area contributed by atoms with Gasteiger partial charge in [0.15, 0.2) is 0 Å². The van der Waals surface area contributed by atoms with Crippen LogP contribution in [0.3, 0.4) is 0 Å². The molecule has 1 fully saturated rings. The third kappa shape index (κ3) is 8.02. The van der Waals surface area contributed by atoms with Gasteiger partial charge < -0.3 is 29.2 Å². The average Bonchev–Trinajstić information content (AvgIpc) is 3.66. The number of carbonyl (C=O) groups is 1. The van der Waals surface area contributed by atoms with Crippen LogP contribution in [0.15, 0.2) is 89.9 Å². The third-order valence-corrected chi connectivity index (χ3v) is 10.1. The van der Waals surface area contributed by atoms with Gasteiger partial charge in [0.05, 0.1) is 43.9 Å². The van der Waals surface area contributed by atoms with Crippen molar-refractivity contribution in [3.05, 3.63) is 123 Å². The van der Waals surface area contributed by atoms with Crippen molar-refractivity contribution in [2.45, 2.75) is 57.9 Å². The molecule has 3 aromatic carbocycles. The van der Waals surface area contributed by atoms with Gasteiger partial charge in [-0.05, 0) is 99.3 Å². The smallest absolute Gasteiger partial charge is 0.497 e. The van der Waals surface area contributed by atoms with Crippen molar-refractivity contribution in [2.75, 3.05) is 40.5 Å². The first-order valence-corrected chi connectivity index (χ1v) is 17.7. The van der Waals surface area contributed by atoms with Gasteiger partial charge in [-0.15, -0.1) is 10.2 Å². The molecule has 0 amide bonds. The Hall–Kier alpha value is -5.76. The monoisotopic (exact) mass is 723 g/mol. The first-order valence-electron chi connectivity index (χ1n) is 17.7. The summed E-state index contributed by atoms with van der Waals surface area (Å²) < 4.78 is 22.3. The third-order valence-electron chi connectivity index (χ3n) is 10.1. The van der Waals surface area contributed by atoms with Crippen molar-refractivity contribution in [1.82, 2.24) is 30.4 Å². The fraction of sp³-hybridized carbons (Fsp3) is 0.385. The molecular formula is C39H45N7O7. The van der Waals surface area contributed by atoms with Gasteiger partial charge in [-0.1, -0.05) is 36.4 Å². The zero-order valence-electron chi connectivity index (χ0n) is 30.7. The standard InChI is InChI=1S/C39H45N7O7/c1-6-45-42-37(41-43-45)34-26(2)40-27(3)36(35(34)28-9-7-10-31(25-28)46(48)49)53-38(47)52-24-8-21-44-22-19-39(20-23-44,29-11-15-32(50-4)16-12-29)30-13-17-33(51-5)18-14-30/h7,9-18,25,35,40H,6,8,19-24H2,1-5H3. The molecule has 0 saturated carbocycles. The van der Waals surface area contributed by atoms with E-state index in [1.54, 1.807) is 33.3 Å². The van der Waals surface area contributed by atoms with Crippen LogP contribution >= 0.6 is 0 Å². The summed E-state index contributed by atoms with van der Waals surface area (Å²) in [5.41, 5.74) is 4.64. The number of hydrogen-bond acceptors (Lipinski definition) is 12. The number of tetrazole rings is 1. The zero-order chi connectivity index (χ0) is 37.5. The van der Waals surface area contributed by atoms with Crippen molar-refractivity contribution >= 4 is 17.4 Å². The SMILES string of the molecule is CCn1nnc(C2=C(C)NC(C)=C(OC(=O)OCCCN3CCC(c4ccc(OC)cc4)(c4ccc(OC)cc4)CC3)C2c2cccc([N+](=O)[O-])c2)n1. The minimum atomic E-state index is -0.864. The maximum atomic E-state index is 13.2. The highest BCUT2D eigenvalue weighted by Crippen LogP contribution is 2.44. The fourth-order valence-corrected chi connectivity index (χ4v) is 7.31. The predicted octanol–water partition coefficient (Wildman–Crippen LogP) is 6.59. The number of dihydropyridines is 1. The first kappa shape index (κ1) is 37.0. The molecule has 3 heterocycles. The van der Waals surface area contributed by atoms with E-state index in [2.05, 4.69) is 49.9 Å². The van der Waals surface area contributed by atoms with Crippen LogP contribution in [0.5, 0.6) is 11.5 Å². The molecule has 1 unspecified atom stereocenters. The fourth-order valence-electron chi connectivity index (χ4n) is 7.31. The Morgan fingerprint density at radius 3 is 2.17 bits per heavy atom. The summed E-state index contributed by atoms with van der Waals surface area (Å²) in [6.45, 7) is 8.67. The lowest BCUT2D eigenvalue weighted by molar-refractivity contribution is -0.384. The highest BCUT2D eigenvalue weighted by atomic mass is 16.7. The molecule has 1 atom stereocenters. The van der Waals surface area contributed by atoms with Gasteiger partial charge >= 0.3 is 6.16 Å². The Kier molecular flexibility index (Phi) is 11.4. The Labute approximate surface area is 308 Å². The number of aryl methyl sites for hydroxylation is 1.